The minimum absolute atomic E-state index is 0.232. The van der Waals surface area contributed by atoms with Gasteiger partial charge >= 0.3 is 5.97 Å². The molecule has 0 aliphatic rings. The van der Waals surface area contributed by atoms with E-state index in [0.29, 0.717) is 17.7 Å². The van der Waals surface area contributed by atoms with Crippen LogP contribution in [0, 0.1) is 0 Å². The quantitative estimate of drug-likeness (QED) is 0.294. The summed E-state index contributed by atoms with van der Waals surface area (Å²) in [6, 6.07) is 28.0. The van der Waals surface area contributed by atoms with Crippen molar-refractivity contribution >= 4 is 33.6 Å². The number of ketones is 1. The number of para-hydroxylation sites is 1. The molecule has 0 bridgehead atoms. The summed E-state index contributed by atoms with van der Waals surface area (Å²) in [5.74, 6) is -0.763. The van der Waals surface area contributed by atoms with E-state index in [1.807, 2.05) is 77.5 Å². The molecule has 6 nitrogen and oxygen atoms in total. The number of carbonyl (C=O) groups is 2. The highest BCUT2D eigenvalue weighted by Gasteiger charge is 2.14. The molecule has 0 aliphatic heterocycles. The Kier molecular flexibility index (Phi) is 5.17. The van der Waals surface area contributed by atoms with Crippen molar-refractivity contribution in [3.63, 3.8) is 0 Å². The molecule has 0 unspecified atom stereocenters. The Hall–Kier alpha value is -4.32. The predicted octanol–water partition coefficient (Wildman–Crippen LogP) is 4.67. The number of aromatic nitrogens is 3. The van der Waals surface area contributed by atoms with Crippen molar-refractivity contribution in [3.8, 4) is 0 Å². The molecule has 0 radical (unpaired) electrons. The molecule has 0 atom stereocenters. The smallest absolute Gasteiger partial charge is 0.338 e. The Balaban J connectivity index is 1.24. The number of nitrogens with zero attached hydrogens (tertiary/aromatic N) is 3. The third-order valence-corrected chi connectivity index (χ3v) is 5.37. The third kappa shape index (κ3) is 3.86. The summed E-state index contributed by atoms with van der Waals surface area (Å²) in [6.07, 6.45) is 0. The van der Waals surface area contributed by atoms with Gasteiger partial charge in [-0.3, -0.25) is 4.79 Å². The zero-order valence-electron chi connectivity index (χ0n) is 17.1. The van der Waals surface area contributed by atoms with Crippen LogP contribution in [0.3, 0.4) is 0 Å². The number of fused-ring (bicyclic) bond motifs is 2. The van der Waals surface area contributed by atoms with Gasteiger partial charge in [0.1, 0.15) is 5.52 Å². The Labute approximate surface area is 184 Å². The van der Waals surface area contributed by atoms with Crippen LogP contribution < -0.4 is 0 Å². The van der Waals surface area contributed by atoms with Gasteiger partial charge < -0.3 is 4.74 Å². The molecule has 0 fully saturated rings. The molecule has 5 aromatic rings. The standard InChI is InChI=1S/C26H19N3O3/c30-25(22-9-5-7-19-6-1-2-8-21(19)22)17-32-26(31)20-14-12-18(13-15-20)16-29-24-11-4-3-10-23(24)27-28-29/h1-15H,16-17H2. The van der Waals surface area contributed by atoms with Crippen LogP contribution in [0.2, 0.25) is 0 Å². The monoisotopic (exact) mass is 421 g/mol. The number of hydrogen-bond acceptors (Lipinski definition) is 5. The van der Waals surface area contributed by atoms with Crippen LogP contribution in [-0.2, 0) is 11.3 Å². The first-order chi connectivity index (χ1) is 15.7. The van der Waals surface area contributed by atoms with Crippen LogP contribution in [0.15, 0.2) is 91.0 Å². The van der Waals surface area contributed by atoms with Crippen molar-refractivity contribution in [2.24, 2.45) is 0 Å². The number of ether oxygens (including phenoxy) is 1. The first kappa shape index (κ1) is 19.6. The summed E-state index contributed by atoms with van der Waals surface area (Å²) >= 11 is 0. The highest BCUT2D eigenvalue weighted by molar-refractivity contribution is 6.09. The van der Waals surface area contributed by atoms with E-state index >= 15 is 0 Å². The third-order valence-electron chi connectivity index (χ3n) is 5.37. The van der Waals surface area contributed by atoms with Gasteiger partial charge in [0.15, 0.2) is 6.61 Å². The molecule has 1 aromatic heterocycles. The fourth-order valence-electron chi connectivity index (χ4n) is 3.71. The van der Waals surface area contributed by atoms with Crippen molar-refractivity contribution in [1.29, 1.82) is 0 Å². The van der Waals surface area contributed by atoms with Crippen LogP contribution >= 0.6 is 0 Å². The van der Waals surface area contributed by atoms with Gasteiger partial charge in [-0.2, -0.15) is 0 Å². The first-order valence-electron chi connectivity index (χ1n) is 10.2. The number of Topliss-reactive ketones (excluding diaryl/α,β-unsaturated/α-hetero) is 1. The van der Waals surface area contributed by atoms with Crippen LogP contribution in [0.5, 0.6) is 0 Å². The lowest BCUT2D eigenvalue weighted by Crippen LogP contribution is -2.14. The summed E-state index contributed by atoms with van der Waals surface area (Å²) in [6.45, 7) is 0.231. The van der Waals surface area contributed by atoms with Gasteiger partial charge in [0.2, 0.25) is 5.78 Å². The molecule has 6 heteroatoms. The van der Waals surface area contributed by atoms with Crippen LogP contribution in [0.4, 0.5) is 0 Å². The zero-order valence-corrected chi connectivity index (χ0v) is 17.1. The second-order valence-corrected chi connectivity index (χ2v) is 7.46. The molecule has 0 saturated carbocycles. The van der Waals surface area contributed by atoms with Crippen molar-refractivity contribution in [3.05, 3.63) is 108 Å². The topological polar surface area (TPSA) is 74.1 Å². The normalized spacial score (nSPS) is 11.0. The van der Waals surface area contributed by atoms with E-state index in [2.05, 4.69) is 10.3 Å². The van der Waals surface area contributed by atoms with Crippen molar-refractivity contribution in [1.82, 2.24) is 15.0 Å². The Morgan fingerprint density at radius 3 is 2.44 bits per heavy atom. The molecule has 1 heterocycles. The van der Waals surface area contributed by atoms with Gasteiger partial charge in [0.05, 0.1) is 17.6 Å². The lowest BCUT2D eigenvalue weighted by atomic mass is 10.0. The van der Waals surface area contributed by atoms with Crippen molar-refractivity contribution in [2.75, 3.05) is 6.61 Å². The molecule has 156 valence electrons. The second-order valence-electron chi connectivity index (χ2n) is 7.46. The fraction of sp³-hybridized carbons (Fsp3) is 0.0769. The van der Waals surface area contributed by atoms with E-state index in [1.54, 1.807) is 18.2 Å². The minimum Gasteiger partial charge on any atom is -0.454 e. The number of esters is 1. The molecule has 0 spiro atoms. The van der Waals surface area contributed by atoms with Crippen LogP contribution in [-0.4, -0.2) is 33.4 Å². The summed E-state index contributed by atoms with van der Waals surface area (Å²) in [4.78, 5) is 25.1. The van der Waals surface area contributed by atoms with Crippen LogP contribution in [0.1, 0.15) is 26.3 Å². The van der Waals surface area contributed by atoms with Gasteiger partial charge in [-0.15, -0.1) is 5.10 Å². The van der Waals surface area contributed by atoms with E-state index in [0.717, 1.165) is 27.4 Å². The summed E-state index contributed by atoms with van der Waals surface area (Å²) in [7, 11) is 0. The lowest BCUT2D eigenvalue weighted by molar-refractivity contribution is 0.0475. The molecule has 0 aliphatic carbocycles. The SMILES string of the molecule is O=C(OCC(=O)c1cccc2ccccc12)c1ccc(Cn2nnc3ccccc32)cc1. The molecule has 4 aromatic carbocycles. The van der Waals surface area contributed by atoms with Gasteiger partial charge in [0.25, 0.3) is 0 Å². The number of hydrogen-bond donors (Lipinski definition) is 0. The van der Waals surface area contributed by atoms with E-state index in [1.165, 1.54) is 0 Å². The average molecular weight is 421 g/mol. The average Bonchev–Trinajstić information content (AvgIpc) is 3.25. The predicted molar refractivity (Wildman–Crippen MR) is 122 cm³/mol. The van der Waals surface area contributed by atoms with Gasteiger partial charge in [-0.25, -0.2) is 9.48 Å². The lowest BCUT2D eigenvalue weighted by Gasteiger charge is -2.08. The highest BCUT2D eigenvalue weighted by Crippen LogP contribution is 2.19. The summed E-state index contributed by atoms with van der Waals surface area (Å²) in [5.41, 5.74) is 3.70. The maximum Gasteiger partial charge on any atom is 0.338 e. The summed E-state index contributed by atoms with van der Waals surface area (Å²) < 4.78 is 7.09. The van der Waals surface area contributed by atoms with Crippen molar-refractivity contribution in [2.45, 2.75) is 6.54 Å². The molecule has 32 heavy (non-hydrogen) atoms. The second kappa shape index (κ2) is 8.43. The van der Waals surface area contributed by atoms with E-state index in [9.17, 15) is 9.59 Å². The number of carbonyl (C=O) groups excluding carboxylic acids is 2. The molecular weight excluding hydrogens is 402 g/mol. The first-order valence-corrected chi connectivity index (χ1v) is 10.2. The zero-order chi connectivity index (χ0) is 21.9. The molecular formula is C26H19N3O3. The van der Waals surface area contributed by atoms with Crippen molar-refractivity contribution < 1.29 is 14.3 Å². The number of rotatable bonds is 6. The maximum atomic E-state index is 12.6. The van der Waals surface area contributed by atoms with E-state index < -0.39 is 5.97 Å². The largest absolute Gasteiger partial charge is 0.454 e. The molecule has 0 saturated heterocycles. The number of benzene rings is 4. The maximum absolute atomic E-state index is 12.6. The van der Waals surface area contributed by atoms with E-state index in [-0.39, 0.29) is 12.4 Å². The molecule has 0 amide bonds. The van der Waals surface area contributed by atoms with Gasteiger partial charge in [-0.1, -0.05) is 71.9 Å². The Morgan fingerprint density at radius 1 is 0.812 bits per heavy atom. The Morgan fingerprint density at radius 2 is 1.56 bits per heavy atom. The van der Waals surface area contributed by atoms with Gasteiger partial charge in [0, 0.05) is 5.56 Å². The fourth-order valence-corrected chi connectivity index (χ4v) is 3.71. The molecule has 0 N–H and O–H groups in total. The summed E-state index contributed by atoms with van der Waals surface area (Å²) in [5, 5.41) is 10.2. The van der Waals surface area contributed by atoms with Crippen LogP contribution in [0.25, 0.3) is 21.8 Å². The van der Waals surface area contributed by atoms with Gasteiger partial charge in [-0.05, 0) is 40.6 Å². The Bertz CT molecular complexity index is 1430. The molecule has 5 rings (SSSR count). The highest BCUT2D eigenvalue weighted by atomic mass is 16.5. The van der Waals surface area contributed by atoms with E-state index in [4.69, 9.17) is 4.74 Å². The minimum atomic E-state index is -0.531.